The fraction of sp³-hybridized carbons (Fsp3) is 0.143. The number of hydrogen-bond donors (Lipinski definition) is 0. The summed E-state index contributed by atoms with van der Waals surface area (Å²) < 4.78 is 19.1. The number of aromatic nitrogens is 5. The molecule has 0 aliphatic carbocycles. The number of ether oxygens (including phenoxy) is 2. The Morgan fingerprint density at radius 1 is 1.13 bits per heavy atom. The quantitative estimate of drug-likeness (QED) is 0.403. The van der Waals surface area contributed by atoms with Gasteiger partial charge in [-0.3, -0.25) is 4.79 Å². The van der Waals surface area contributed by atoms with E-state index in [-0.39, 0.29) is 12.1 Å². The molecule has 31 heavy (non-hydrogen) atoms. The lowest BCUT2D eigenvalue weighted by molar-refractivity contribution is 0.369. The SMILES string of the molecule is COc1ccc(-c2noc(Cn3ccn4nc(-c5cccs5)cc4c3=O)n2)c(OC)c1. The third kappa shape index (κ3) is 3.46. The highest BCUT2D eigenvalue weighted by Gasteiger charge is 2.16. The molecule has 4 heterocycles. The summed E-state index contributed by atoms with van der Waals surface area (Å²) in [4.78, 5) is 18.4. The van der Waals surface area contributed by atoms with Crippen LogP contribution in [-0.4, -0.2) is 38.5 Å². The van der Waals surface area contributed by atoms with Crippen LogP contribution in [0.5, 0.6) is 11.5 Å². The van der Waals surface area contributed by atoms with E-state index in [0.717, 1.165) is 10.6 Å². The van der Waals surface area contributed by atoms with Gasteiger partial charge in [0.05, 0.1) is 24.7 Å². The molecule has 0 fully saturated rings. The number of nitrogens with zero attached hydrogens (tertiary/aromatic N) is 5. The Hall–Kier alpha value is -3.92. The Labute approximate surface area is 180 Å². The molecule has 5 aromatic rings. The molecular weight excluding hydrogens is 418 g/mol. The van der Waals surface area contributed by atoms with Crippen LogP contribution in [0.3, 0.4) is 0 Å². The van der Waals surface area contributed by atoms with Crippen LogP contribution in [0.1, 0.15) is 5.89 Å². The van der Waals surface area contributed by atoms with Crippen molar-refractivity contribution in [3.63, 3.8) is 0 Å². The van der Waals surface area contributed by atoms with Gasteiger partial charge in [-0.15, -0.1) is 11.3 Å². The first-order chi connectivity index (χ1) is 15.2. The van der Waals surface area contributed by atoms with Gasteiger partial charge in [0.1, 0.15) is 29.3 Å². The first-order valence-electron chi connectivity index (χ1n) is 9.34. The number of benzene rings is 1. The van der Waals surface area contributed by atoms with Gasteiger partial charge in [-0.25, -0.2) is 4.52 Å². The van der Waals surface area contributed by atoms with Crippen LogP contribution in [0, 0.1) is 0 Å². The summed E-state index contributed by atoms with van der Waals surface area (Å²) >= 11 is 1.57. The average Bonchev–Trinajstić information content (AvgIpc) is 3.55. The van der Waals surface area contributed by atoms with Gasteiger partial charge in [0, 0.05) is 18.5 Å². The smallest absolute Gasteiger partial charge is 0.277 e. The molecule has 0 aliphatic rings. The molecule has 9 nitrogen and oxygen atoms in total. The van der Waals surface area contributed by atoms with Crippen LogP contribution in [0.15, 0.2) is 63.5 Å². The van der Waals surface area contributed by atoms with Gasteiger partial charge in [-0.2, -0.15) is 10.1 Å². The molecule has 10 heteroatoms. The van der Waals surface area contributed by atoms with Gasteiger partial charge in [-0.1, -0.05) is 11.2 Å². The third-order valence-corrected chi connectivity index (χ3v) is 5.69. The van der Waals surface area contributed by atoms with Crippen molar-refractivity contribution >= 4 is 16.9 Å². The minimum Gasteiger partial charge on any atom is -0.497 e. The molecule has 1 aromatic carbocycles. The van der Waals surface area contributed by atoms with Gasteiger partial charge in [-0.05, 0) is 29.6 Å². The molecule has 0 N–H and O–H groups in total. The van der Waals surface area contributed by atoms with Crippen molar-refractivity contribution in [3.8, 4) is 33.5 Å². The van der Waals surface area contributed by atoms with Crippen LogP contribution in [-0.2, 0) is 6.54 Å². The van der Waals surface area contributed by atoms with E-state index in [9.17, 15) is 4.79 Å². The zero-order valence-corrected chi connectivity index (χ0v) is 17.5. The summed E-state index contributed by atoms with van der Waals surface area (Å²) in [5.41, 5.74) is 1.70. The Balaban J connectivity index is 1.45. The van der Waals surface area contributed by atoms with Crippen molar-refractivity contribution < 1.29 is 14.0 Å². The number of fused-ring (bicyclic) bond motifs is 1. The van der Waals surface area contributed by atoms with E-state index in [1.807, 2.05) is 17.5 Å². The van der Waals surface area contributed by atoms with Crippen molar-refractivity contribution in [2.45, 2.75) is 6.54 Å². The normalized spacial score (nSPS) is 11.2. The van der Waals surface area contributed by atoms with Crippen LogP contribution >= 0.6 is 11.3 Å². The van der Waals surface area contributed by atoms with Crippen molar-refractivity contribution in [1.82, 2.24) is 24.3 Å². The minimum absolute atomic E-state index is 0.139. The van der Waals surface area contributed by atoms with Crippen molar-refractivity contribution in [2.75, 3.05) is 14.2 Å². The number of rotatable bonds is 6. The summed E-state index contributed by atoms with van der Waals surface area (Å²) in [6.45, 7) is 0.139. The first-order valence-corrected chi connectivity index (χ1v) is 10.2. The van der Waals surface area contributed by atoms with Crippen LogP contribution in [0.2, 0.25) is 0 Å². The lowest BCUT2D eigenvalue weighted by atomic mass is 10.2. The predicted molar refractivity (Wildman–Crippen MR) is 115 cm³/mol. The van der Waals surface area contributed by atoms with Crippen LogP contribution in [0.4, 0.5) is 0 Å². The Kier molecular flexibility index (Phi) is 4.75. The van der Waals surface area contributed by atoms with Crippen molar-refractivity contribution in [1.29, 1.82) is 0 Å². The van der Waals surface area contributed by atoms with E-state index < -0.39 is 0 Å². The standard InChI is InChI=1S/C21H17N5O4S/c1-28-13-5-6-14(17(10-13)29-2)20-22-19(30-24-20)12-25-7-8-26-16(21(25)27)11-15(23-26)18-4-3-9-31-18/h3-11H,12H2,1-2H3. The largest absolute Gasteiger partial charge is 0.497 e. The van der Waals surface area contributed by atoms with Crippen molar-refractivity contribution in [2.24, 2.45) is 0 Å². The summed E-state index contributed by atoms with van der Waals surface area (Å²) in [6.07, 6.45) is 3.38. The average molecular weight is 435 g/mol. The van der Waals surface area contributed by atoms with E-state index >= 15 is 0 Å². The molecule has 0 spiro atoms. The predicted octanol–water partition coefficient (Wildman–Crippen LogP) is 3.34. The molecule has 0 radical (unpaired) electrons. The van der Waals surface area contributed by atoms with Crippen LogP contribution < -0.4 is 15.0 Å². The summed E-state index contributed by atoms with van der Waals surface area (Å²) in [6, 6.07) is 11.0. The van der Waals surface area contributed by atoms with Gasteiger partial charge < -0.3 is 18.6 Å². The molecule has 156 valence electrons. The Morgan fingerprint density at radius 2 is 2.03 bits per heavy atom. The minimum atomic E-state index is -0.195. The molecule has 5 rings (SSSR count). The monoisotopic (exact) mass is 435 g/mol. The van der Waals surface area contributed by atoms with E-state index in [1.165, 1.54) is 4.57 Å². The fourth-order valence-electron chi connectivity index (χ4n) is 3.25. The van der Waals surface area contributed by atoms with E-state index in [1.54, 1.807) is 66.7 Å². The highest BCUT2D eigenvalue weighted by atomic mass is 32.1. The van der Waals surface area contributed by atoms with Gasteiger partial charge in [0.25, 0.3) is 5.56 Å². The maximum absolute atomic E-state index is 12.9. The third-order valence-electron chi connectivity index (χ3n) is 4.80. The zero-order chi connectivity index (χ0) is 21.4. The lowest BCUT2D eigenvalue weighted by Gasteiger charge is -2.07. The number of methoxy groups -OCH3 is 2. The molecule has 0 bridgehead atoms. The maximum atomic E-state index is 12.9. The number of hydrogen-bond acceptors (Lipinski definition) is 8. The van der Waals surface area contributed by atoms with E-state index in [2.05, 4.69) is 15.2 Å². The van der Waals surface area contributed by atoms with E-state index in [4.69, 9.17) is 14.0 Å². The molecule has 0 saturated carbocycles. The Morgan fingerprint density at radius 3 is 2.81 bits per heavy atom. The Bertz CT molecular complexity index is 1420. The highest BCUT2D eigenvalue weighted by Crippen LogP contribution is 2.31. The number of thiophene rings is 1. The molecule has 0 unspecified atom stereocenters. The van der Waals surface area contributed by atoms with Gasteiger partial charge in [0.15, 0.2) is 0 Å². The van der Waals surface area contributed by atoms with Crippen molar-refractivity contribution in [3.05, 3.63) is 70.4 Å². The van der Waals surface area contributed by atoms with Gasteiger partial charge >= 0.3 is 0 Å². The second-order valence-electron chi connectivity index (χ2n) is 6.65. The molecule has 4 aromatic heterocycles. The molecular formula is C21H17N5O4S. The second kappa shape index (κ2) is 7.73. The molecule has 0 atom stereocenters. The van der Waals surface area contributed by atoms with E-state index in [0.29, 0.717) is 34.3 Å². The highest BCUT2D eigenvalue weighted by molar-refractivity contribution is 7.13. The summed E-state index contributed by atoms with van der Waals surface area (Å²) in [7, 11) is 3.14. The molecule has 0 aliphatic heterocycles. The summed E-state index contributed by atoms with van der Waals surface area (Å²) in [5.74, 6) is 1.89. The fourth-order valence-corrected chi connectivity index (χ4v) is 3.93. The zero-order valence-electron chi connectivity index (χ0n) is 16.7. The first kappa shape index (κ1) is 19.1. The second-order valence-corrected chi connectivity index (χ2v) is 7.59. The summed E-state index contributed by atoms with van der Waals surface area (Å²) in [5, 5.41) is 10.5. The maximum Gasteiger partial charge on any atom is 0.277 e. The lowest BCUT2D eigenvalue weighted by Crippen LogP contribution is -2.21. The molecule has 0 saturated heterocycles. The van der Waals surface area contributed by atoms with Gasteiger partial charge in [0.2, 0.25) is 11.7 Å². The topological polar surface area (TPSA) is 96.7 Å². The van der Waals surface area contributed by atoms with Crippen LogP contribution in [0.25, 0.3) is 27.5 Å². The molecule has 0 amide bonds.